The van der Waals surface area contributed by atoms with E-state index in [0.29, 0.717) is 6.54 Å². The standard InChI is InChI=1S/C16H24N4O/c1-18-8-10-19(11-9-18)15(21)12-20-7-3-5-13-4-2-6-14(17)16(13)20/h2,4,6H,3,5,7-12,17H2,1H3. The molecule has 0 spiro atoms. The van der Waals surface area contributed by atoms with Crippen molar-refractivity contribution < 1.29 is 4.79 Å². The van der Waals surface area contributed by atoms with Gasteiger partial charge in [-0.25, -0.2) is 0 Å². The molecule has 2 aliphatic heterocycles. The first-order chi connectivity index (χ1) is 10.1. The van der Waals surface area contributed by atoms with E-state index in [2.05, 4.69) is 22.9 Å². The Morgan fingerprint density at radius 3 is 2.71 bits per heavy atom. The highest BCUT2D eigenvalue weighted by molar-refractivity contribution is 5.84. The number of likely N-dealkylation sites (N-methyl/N-ethyl adjacent to an activating group) is 1. The minimum Gasteiger partial charge on any atom is -0.397 e. The van der Waals surface area contributed by atoms with Gasteiger partial charge in [-0.05, 0) is 31.5 Å². The van der Waals surface area contributed by atoms with Crippen molar-refractivity contribution in [2.24, 2.45) is 0 Å². The number of fused-ring (bicyclic) bond motifs is 1. The molecule has 1 amide bonds. The lowest BCUT2D eigenvalue weighted by molar-refractivity contribution is -0.131. The number of carbonyl (C=O) groups is 1. The van der Waals surface area contributed by atoms with Gasteiger partial charge < -0.3 is 20.4 Å². The monoisotopic (exact) mass is 288 g/mol. The van der Waals surface area contributed by atoms with E-state index in [1.807, 2.05) is 17.0 Å². The van der Waals surface area contributed by atoms with E-state index in [1.165, 1.54) is 5.56 Å². The number of piperazine rings is 1. The fraction of sp³-hybridized carbons (Fsp3) is 0.562. The van der Waals surface area contributed by atoms with Crippen molar-refractivity contribution in [3.05, 3.63) is 23.8 Å². The van der Waals surface area contributed by atoms with Gasteiger partial charge in [-0.2, -0.15) is 0 Å². The van der Waals surface area contributed by atoms with Gasteiger partial charge in [-0.1, -0.05) is 12.1 Å². The molecule has 0 saturated carbocycles. The first kappa shape index (κ1) is 14.2. The number of para-hydroxylation sites is 1. The number of nitrogens with two attached hydrogens (primary N) is 1. The molecule has 2 aliphatic rings. The zero-order chi connectivity index (χ0) is 14.8. The number of hydrogen-bond donors (Lipinski definition) is 1. The predicted octanol–water partition coefficient (Wildman–Crippen LogP) is 0.795. The zero-order valence-electron chi connectivity index (χ0n) is 12.7. The number of nitrogen functional groups attached to an aromatic ring is 1. The Hall–Kier alpha value is -1.75. The Bertz CT molecular complexity index is 523. The molecule has 0 aliphatic carbocycles. The molecule has 0 bridgehead atoms. The van der Waals surface area contributed by atoms with Gasteiger partial charge in [0.2, 0.25) is 5.91 Å². The Balaban J connectivity index is 1.70. The van der Waals surface area contributed by atoms with Crippen LogP contribution in [0.25, 0.3) is 0 Å². The van der Waals surface area contributed by atoms with E-state index < -0.39 is 0 Å². The first-order valence-electron chi connectivity index (χ1n) is 7.74. The molecule has 1 aromatic carbocycles. The summed E-state index contributed by atoms with van der Waals surface area (Å²) in [5, 5.41) is 0. The summed E-state index contributed by atoms with van der Waals surface area (Å²) in [6, 6.07) is 6.05. The van der Waals surface area contributed by atoms with Crippen LogP contribution in [0.1, 0.15) is 12.0 Å². The molecule has 5 heteroatoms. The van der Waals surface area contributed by atoms with Crippen molar-refractivity contribution in [1.82, 2.24) is 9.80 Å². The maximum Gasteiger partial charge on any atom is 0.242 e. The van der Waals surface area contributed by atoms with Gasteiger partial charge in [0.1, 0.15) is 0 Å². The van der Waals surface area contributed by atoms with Crippen molar-refractivity contribution in [2.45, 2.75) is 12.8 Å². The lowest BCUT2D eigenvalue weighted by Gasteiger charge is -2.36. The van der Waals surface area contributed by atoms with Gasteiger partial charge in [0.15, 0.2) is 0 Å². The number of aryl methyl sites for hydroxylation is 1. The minimum absolute atomic E-state index is 0.221. The molecular weight excluding hydrogens is 264 g/mol. The average molecular weight is 288 g/mol. The summed E-state index contributed by atoms with van der Waals surface area (Å²) in [6.45, 7) is 4.96. The van der Waals surface area contributed by atoms with Crippen LogP contribution in [0.3, 0.4) is 0 Å². The molecule has 1 saturated heterocycles. The van der Waals surface area contributed by atoms with Crippen molar-refractivity contribution in [3.63, 3.8) is 0 Å². The minimum atomic E-state index is 0.221. The lowest BCUT2D eigenvalue weighted by Crippen LogP contribution is -2.50. The van der Waals surface area contributed by atoms with Gasteiger partial charge in [-0.3, -0.25) is 4.79 Å². The molecule has 5 nitrogen and oxygen atoms in total. The Labute approximate surface area is 126 Å². The molecular formula is C16H24N4O. The van der Waals surface area contributed by atoms with E-state index in [0.717, 1.165) is 56.9 Å². The summed E-state index contributed by atoms with van der Waals surface area (Å²) in [5.74, 6) is 0.221. The van der Waals surface area contributed by atoms with Crippen LogP contribution in [0.15, 0.2) is 18.2 Å². The Morgan fingerprint density at radius 1 is 1.19 bits per heavy atom. The largest absolute Gasteiger partial charge is 0.397 e. The first-order valence-corrected chi connectivity index (χ1v) is 7.74. The molecule has 0 atom stereocenters. The van der Waals surface area contributed by atoms with Crippen LogP contribution in [-0.2, 0) is 11.2 Å². The van der Waals surface area contributed by atoms with Crippen LogP contribution in [0, 0.1) is 0 Å². The molecule has 2 heterocycles. The summed E-state index contributed by atoms with van der Waals surface area (Å²) in [6.07, 6.45) is 2.14. The number of hydrogen-bond acceptors (Lipinski definition) is 4. The summed E-state index contributed by atoms with van der Waals surface area (Å²) in [4.78, 5) is 18.9. The Kier molecular flexibility index (Phi) is 4.01. The third kappa shape index (κ3) is 2.97. The molecule has 0 unspecified atom stereocenters. The average Bonchev–Trinajstić information content (AvgIpc) is 2.48. The van der Waals surface area contributed by atoms with Crippen LogP contribution in [0.5, 0.6) is 0 Å². The molecule has 3 rings (SSSR count). The zero-order valence-corrected chi connectivity index (χ0v) is 12.7. The number of carbonyl (C=O) groups excluding carboxylic acids is 1. The highest BCUT2D eigenvalue weighted by Crippen LogP contribution is 2.32. The molecule has 1 aromatic rings. The van der Waals surface area contributed by atoms with E-state index in [9.17, 15) is 4.79 Å². The highest BCUT2D eigenvalue weighted by Gasteiger charge is 2.25. The fourth-order valence-corrected chi connectivity index (χ4v) is 3.25. The molecule has 114 valence electrons. The van der Waals surface area contributed by atoms with Crippen LogP contribution in [0.2, 0.25) is 0 Å². The van der Waals surface area contributed by atoms with E-state index in [1.54, 1.807) is 0 Å². The molecule has 21 heavy (non-hydrogen) atoms. The van der Waals surface area contributed by atoms with Gasteiger partial charge in [-0.15, -0.1) is 0 Å². The number of benzene rings is 1. The lowest BCUT2D eigenvalue weighted by atomic mass is 10.0. The quantitative estimate of drug-likeness (QED) is 0.818. The van der Waals surface area contributed by atoms with Crippen molar-refractivity contribution >= 4 is 17.3 Å². The van der Waals surface area contributed by atoms with E-state index in [-0.39, 0.29) is 5.91 Å². The topological polar surface area (TPSA) is 52.8 Å². The van der Waals surface area contributed by atoms with Gasteiger partial charge in [0.05, 0.1) is 17.9 Å². The summed E-state index contributed by atoms with van der Waals surface area (Å²) in [7, 11) is 2.10. The van der Waals surface area contributed by atoms with Crippen molar-refractivity contribution in [3.8, 4) is 0 Å². The predicted molar refractivity (Wildman–Crippen MR) is 85.5 cm³/mol. The summed E-state index contributed by atoms with van der Waals surface area (Å²) >= 11 is 0. The third-order valence-electron chi connectivity index (χ3n) is 4.52. The third-order valence-corrected chi connectivity index (χ3v) is 4.52. The summed E-state index contributed by atoms with van der Waals surface area (Å²) < 4.78 is 0. The number of anilines is 2. The summed E-state index contributed by atoms with van der Waals surface area (Å²) in [5.41, 5.74) is 9.27. The highest BCUT2D eigenvalue weighted by atomic mass is 16.2. The van der Waals surface area contributed by atoms with Crippen LogP contribution < -0.4 is 10.6 Å². The normalized spacial score (nSPS) is 19.5. The van der Waals surface area contributed by atoms with Gasteiger partial charge in [0.25, 0.3) is 0 Å². The van der Waals surface area contributed by atoms with E-state index in [4.69, 9.17) is 5.73 Å². The maximum absolute atomic E-state index is 12.5. The molecule has 1 fully saturated rings. The van der Waals surface area contributed by atoms with Crippen LogP contribution in [-0.4, -0.2) is 62.0 Å². The Morgan fingerprint density at radius 2 is 1.95 bits per heavy atom. The fourth-order valence-electron chi connectivity index (χ4n) is 3.25. The van der Waals surface area contributed by atoms with Gasteiger partial charge in [0, 0.05) is 32.7 Å². The second-order valence-corrected chi connectivity index (χ2v) is 6.06. The van der Waals surface area contributed by atoms with Crippen molar-refractivity contribution in [2.75, 3.05) is 56.9 Å². The maximum atomic E-state index is 12.5. The molecule has 0 aromatic heterocycles. The van der Waals surface area contributed by atoms with Crippen molar-refractivity contribution in [1.29, 1.82) is 0 Å². The smallest absolute Gasteiger partial charge is 0.242 e. The van der Waals surface area contributed by atoms with Gasteiger partial charge >= 0.3 is 0 Å². The van der Waals surface area contributed by atoms with Crippen LogP contribution >= 0.6 is 0 Å². The SMILES string of the molecule is CN1CCN(C(=O)CN2CCCc3cccc(N)c32)CC1. The second kappa shape index (κ2) is 5.93. The number of rotatable bonds is 2. The second-order valence-electron chi connectivity index (χ2n) is 6.06. The number of amides is 1. The molecule has 0 radical (unpaired) electrons. The number of nitrogens with zero attached hydrogens (tertiary/aromatic N) is 3. The van der Waals surface area contributed by atoms with E-state index >= 15 is 0 Å². The van der Waals surface area contributed by atoms with Crippen LogP contribution in [0.4, 0.5) is 11.4 Å². The molecule has 2 N–H and O–H groups in total.